The van der Waals surface area contributed by atoms with Gasteiger partial charge in [-0.2, -0.15) is 0 Å². The number of hydrogen-bond acceptors (Lipinski definition) is 3. The second-order valence-corrected chi connectivity index (χ2v) is 4.00. The highest BCUT2D eigenvalue weighted by atomic mass is 16.5. The van der Waals surface area contributed by atoms with Crippen molar-refractivity contribution in [1.82, 2.24) is 0 Å². The first-order valence-electron chi connectivity index (χ1n) is 5.73. The van der Waals surface area contributed by atoms with Gasteiger partial charge in [-0.3, -0.25) is 0 Å². The third-order valence-electron chi connectivity index (χ3n) is 2.41. The number of phenolic OH excluding ortho intramolecular Hbond substituents is 1. The van der Waals surface area contributed by atoms with E-state index in [9.17, 15) is 4.79 Å². The van der Waals surface area contributed by atoms with E-state index in [4.69, 9.17) is 9.84 Å². The lowest BCUT2D eigenvalue weighted by atomic mass is 10.2. The number of hydrogen-bond donors (Lipinski definition) is 1. The predicted molar refractivity (Wildman–Crippen MR) is 71.8 cm³/mol. The van der Waals surface area contributed by atoms with Crippen LogP contribution in [0.5, 0.6) is 11.5 Å². The Kier molecular flexibility index (Phi) is 3.84. The maximum atomic E-state index is 11.5. The van der Waals surface area contributed by atoms with Gasteiger partial charge in [-0.15, -0.1) is 0 Å². The third kappa shape index (κ3) is 3.90. The zero-order valence-electron chi connectivity index (χ0n) is 10.4. The van der Waals surface area contributed by atoms with Gasteiger partial charge in [0.1, 0.15) is 11.5 Å². The van der Waals surface area contributed by atoms with Gasteiger partial charge in [-0.05, 0) is 43.3 Å². The summed E-state index contributed by atoms with van der Waals surface area (Å²) in [6.45, 7) is 1.98. The lowest BCUT2D eigenvalue weighted by Gasteiger charge is -1.99. The van der Waals surface area contributed by atoms with Crippen LogP contribution < -0.4 is 4.74 Å². The van der Waals surface area contributed by atoms with Crippen LogP contribution in [0.1, 0.15) is 11.1 Å². The van der Waals surface area contributed by atoms with E-state index in [1.165, 1.54) is 24.3 Å². The fourth-order valence-corrected chi connectivity index (χ4v) is 1.41. The molecular weight excluding hydrogens is 240 g/mol. The van der Waals surface area contributed by atoms with E-state index >= 15 is 0 Å². The lowest BCUT2D eigenvalue weighted by molar-refractivity contribution is -0.128. The summed E-state index contributed by atoms with van der Waals surface area (Å²) in [7, 11) is 0. The zero-order valence-corrected chi connectivity index (χ0v) is 10.4. The molecule has 0 spiro atoms. The number of aromatic hydroxyl groups is 1. The molecule has 0 aliphatic heterocycles. The highest BCUT2D eigenvalue weighted by Crippen LogP contribution is 2.15. The smallest absolute Gasteiger partial charge is 0.390 e. The second-order valence-electron chi connectivity index (χ2n) is 4.00. The van der Waals surface area contributed by atoms with Crippen LogP contribution in [0.25, 0.3) is 0 Å². The summed E-state index contributed by atoms with van der Waals surface area (Å²) in [5.74, 6) is 4.97. The maximum Gasteiger partial charge on any atom is 0.390 e. The van der Waals surface area contributed by atoms with Gasteiger partial charge in [-0.1, -0.05) is 23.6 Å². The molecule has 3 heteroatoms. The molecule has 3 nitrogen and oxygen atoms in total. The monoisotopic (exact) mass is 252 g/mol. The quantitative estimate of drug-likeness (QED) is 0.482. The molecule has 2 rings (SSSR count). The number of benzene rings is 2. The molecule has 94 valence electrons. The minimum absolute atomic E-state index is 0.116. The summed E-state index contributed by atoms with van der Waals surface area (Å²) >= 11 is 0. The van der Waals surface area contributed by atoms with Crippen molar-refractivity contribution in [3.05, 3.63) is 59.7 Å². The molecule has 0 amide bonds. The van der Waals surface area contributed by atoms with Crippen LogP contribution in [-0.4, -0.2) is 11.1 Å². The Morgan fingerprint density at radius 1 is 1.05 bits per heavy atom. The fourth-order valence-electron chi connectivity index (χ4n) is 1.41. The van der Waals surface area contributed by atoms with Gasteiger partial charge in [0.15, 0.2) is 0 Å². The Hall–Kier alpha value is -2.73. The van der Waals surface area contributed by atoms with Crippen LogP contribution in [0.15, 0.2) is 48.5 Å². The molecule has 0 radical (unpaired) electrons. The summed E-state index contributed by atoms with van der Waals surface area (Å²) in [5.41, 5.74) is 1.89. The molecular formula is C16H12O3. The van der Waals surface area contributed by atoms with E-state index in [0.717, 1.165) is 11.1 Å². The molecule has 1 N–H and O–H groups in total. The van der Waals surface area contributed by atoms with E-state index in [2.05, 4.69) is 11.8 Å². The Morgan fingerprint density at radius 2 is 1.68 bits per heavy atom. The first-order valence-corrected chi connectivity index (χ1v) is 5.73. The van der Waals surface area contributed by atoms with Gasteiger partial charge in [0.05, 0.1) is 0 Å². The van der Waals surface area contributed by atoms with Gasteiger partial charge >= 0.3 is 5.97 Å². The van der Waals surface area contributed by atoms with Crippen molar-refractivity contribution in [1.29, 1.82) is 0 Å². The maximum absolute atomic E-state index is 11.5. The highest BCUT2D eigenvalue weighted by molar-refractivity contribution is 5.90. The standard InChI is InChI=1S/C16H12O3/c1-12-2-4-13(5-3-12)6-11-16(18)19-15-9-7-14(17)8-10-15/h2-5,7-10,17H,1H3. The van der Waals surface area contributed by atoms with Crippen molar-refractivity contribution in [2.75, 3.05) is 0 Å². The second kappa shape index (κ2) is 5.74. The Labute approximate surface area is 111 Å². The number of carbonyl (C=O) groups is 1. The predicted octanol–water partition coefficient (Wildman–Crippen LogP) is 2.66. The van der Waals surface area contributed by atoms with Crippen LogP contribution in [0.4, 0.5) is 0 Å². The van der Waals surface area contributed by atoms with Crippen molar-refractivity contribution in [2.24, 2.45) is 0 Å². The topological polar surface area (TPSA) is 46.5 Å². The molecule has 0 unspecified atom stereocenters. The van der Waals surface area contributed by atoms with Crippen LogP contribution in [-0.2, 0) is 4.79 Å². The molecule has 0 saturated heterocycles. The van der Waals surface area contributed by atoms with E-state index < -0.39 is 5.97 Å². The van der Waals surface area contributed by atoms with Crippen molar-refractivity contribution >= 4 is 5.97 Å². The summed E-state index contributed by atoms with van der Waals surface area (Å²) < 4.78 is 4.99. The molecule has 0 heterocycles. The largest absolute Gasteiger partial charge is 0.508 e. The molecule has 0 fully saturated rings. The molecule has 0 aliphatic rings. The van der Waals surface area contributed by atoms with E-state index in [0.29, 0.717) is 5.75 Å². The lowest BCUT2D eigenvalue weighted by Crippen LogP contribution is -2.04. The van der Waals surface area contributed by atoms with Crippen molar-refractivity contribution in [3.63, 3.8) is 0 Å². The van der Waals surface area contributed by atoms with Crippen LogP contribution in [0.2, 0.25) is 0 Å². The number of ether oxygens (including phenoxy) is 1. The Balaban J connectivity index is 2.02. The Bertz CT molecular complexity index is 628. The van der Waals surface area contributed by atoms with Gasteiger partial charge in [0, 0.05) is 11.5 Å². The first-order chi connectivity index (χ1) is 9.13. The zero-order chi connectivity index (χ0) is 13.7. The van der Waals surface area contributed by atoms with Crippen LogP contribution in [0, 0.1) is 18.8 Å². The van der Waals surface area contributed by atoms with Crippen LogP contribution in [0.3, 0.4) is 0 Å². The van der Waals surface area contributed by atoms with Gasteiger partial charge < -0.3 is 9.84 Å². The molecule has 0 aromatic heterocycles. The molecule has 19 heavy (non-hydrogen) atoms. The van der Waals surface area contributed by atoms with E-state index in [-0.39, 0.29) is 5.75 Å². The summed E-state index contributed by atoms with van der Waals surface area (Å²) in [5, 5.41) is 9.10. The average molecular weight is 252 g/mol. The van der Waals surface area contributed by atoms with E-state index in [1.807, 2.05) is 31.2 Å². The van der Waals surface area contributed by atoms with Gasteiger partial charge in [-0.25, -0.2) is 4.79 Å². The number of phenols is 1. The first kappa shape index (κ1) is 12.7. The molecule has 0 bridgehead atoms. The van der Waals surface area contributed by atoms with Crippen molar-refractivity contribution in [3.8, 4) is 23.3 Å². The Morgan fingerprint density at radius 3 is 2.32 bits per heavy atom. The minimum Gasteiger partial charge on any atom is -0.508 e. The van der Waals surface area contributed by atoms with Gasteiger partial charge in [0.25, 0.3) is 0 Å². The van der Waals surface area contributed by atoms with Crippen molar-refractivity contribution in [2.45, 2.75) is 6.92 Å². The molecule has 2 aromatic carbocycles. The van der Waals surface area contributed by atoms with E-state index in [1.54, 1.807) is 0 Å². The summed E-state index contributed by atoms with van der Waals surface area (Å²) in [6.07, 6.45) is 0. The third-order valence-corrected chi connectivity index (χ3v) is 2.41. The molecule has 0 atom stereocenters. The minimum atomic E-state index is -0.633. The normalized spacial score (nSPS) is 9.32. The molecule has 0 saturated carbocycles. The SMILES string of the molecule is Cc1ccc(C#CC(=O)Oc2ccc(O)cc2)cc1. The highest BCUT2D eigenvalue weighted by Gasteiger charge is 2.00. The molecule has 0 aliphatic carbocycles. The summed E-state index contributed by atoms with van der Waals surface area (Å²) in [6, 6.07) is 13.4. The molecule has 2 aromatic rings. The van der Waals surface area contributed by atoms with Gasteiger partial charge in [0.2, 0.25) is 0 Å². The number of carbonyl (C=O) groups excluding carboxylic acids is 1. The van der Waals surface area contributed by atoms with Crippen LogP contribution >= 0.6 is 0 Å². The fraction of sp³-hybridized carbons (Fsp3) is 0.0625. The number of esters is 1. The summed E-state index contributed by atoms with van der Waals surface area (Å²) in [4.78, 5) is 11.5. The number of aryl methyl sites for hydroxylation is 1. The average Bonchev–Trinajstić information content (AvgIpc) is 2.41. The number of rotatable bonds is 1. The van der Waals surface area contributed by atoms with Crippen molar-refractivity contribution < 1.29 is 14.6 Å².